The molecule has 1 N–H and O–H groups in total. The third-order valence-electron chi connectivity index (χ3n) is 8.02. The van der Waals surface area contributed by atoms with Gasteiger partial charge in [-0.25, -0.2) is 8.42 Å². The van der Waals surface area contributed by atoms with Crippen LogP contribution < -0.4 is 0 Å². The molecule has 0 saturated heterocycles. The molecule has 3 aliphatic carbocycles. The molecule has 0 bridgehead atoms. The molecule has 0 spiro atoms. The Labute approximate surface area is 200 Å². The van der Waals surface area contributed by atoms with Gasteiger partial charge in [0.1, 0.15) is 0 Å². The molecule has 184 valence electrons. The Bertz CT molecular complexity index is 1010. The molecule has 0 radical (unpaired) electrons. The average molecular weight is 477 g/mol. The highest BCUT2D eigenvalue weighted by atomic mass is 32.2. The Hall–Kier alpha value is -1.46. The lowest BCUT2D eigenvalue weighted by molar-refractivity contribution is 0.158. The lowest BCUT2D eigenvalue weighted by Gasteiger charge is -2.42. The highest BCUT2D eigenvalue weighted by Crippen LogP contribution is 2.57. The summed E-state index contributed by atoms with van der Waals surface area (Å²) < 4.78 is 38.2. The maximum atomic E-state index is 14.6. The molecule has 0 aromatic heterocycles. The fraction of sp³-hybridized carbons (Fsp3) is 0.643. The third kappa shape index (κ3) is 5.30. The van der Waals surface area contributed by atoms with Crippen molar-refractivity contribution in [3.63, 3.8) is 0 Å². The van der Waals surface area contributed by atoms with Crippen LogP contribution in [0.25, 0.3) is 0 Å². The van der Waals surface area contributed by atoms with Crippen molar-refractivity contribution in [2.24, 2.45) is 17.3 Å². The van der Waals surface area contributed by atoms with Crippen LogP contribution in [0.4, 0.5) is 4.39 Å². The van der Waals surface area contributed by atoms with Crippen LogP contribution in [-0.2, 0) is 9.84 Å². The van der Waals surface area contributed by atoms with Crippen LogP contribution in [-0.4, -0.2) is 24.4 Å². The smallest absolute Gasteiger partial charge is 0.211 e. The highest BCUT2D eigenvalue weighted by molar-refractivity contribution is 7.96. The standard InChI is InChI=1S/C28H41FO3S/c1-19-9-13-23(30)18-22(19)12-11-21-8-7-17-28(6)24(14-15-25(21)28)20(2)10-16-26(29)33(31,32)27(3,4)5/h11-12,14,16,20,23,25,30H,1,7-10,13,15,17-18H2,2-6H3. The second kappa shape index (κ2) is 9.65. The molecule has 0 amide bonds. The quantitative estimate of drug-likeness (QED) is 0.430. The number of hydrogen-bond donors (Lipinski definition) is 1. The SMILES string of the molecule is C=C1CCC(O)CC1=CC=C1CCCC2(C)C(C(C)CC=C(F)S(=O)(=O)C(C)(C)C)=CCC12. The van der Waals surface area contributed by atoms with Crippen molar-refractivity contribution >= 4 is 9.84 Å². The predicted molar refractivity (Wildman–Crippen MR) is 135 cm³/mol. The van der Waals surface area contributed by atoms with E-state index < -0.39 is 19.7 Å². The summed E-state index contributed by atoms with van der Waals surface area (Å²) in [6, 6.07) is 0. The number of aliphatic hydroxyl groups excluding tert-OH is 1. The summed E-state index contributed by atoms with van der Waals surface area (Å²) in [5.41, 5.74) is 5.10. The number of aliphatic hydroxyl groups is 1. The van der Waals surface area contributed by atoms with Crippen molar-refractivity contribution in [1.82, 2.24) is 0 Å². The van der Waals surface area contributed by atoms with Gasteiger partial charge in [-0.2, -0.15) is 4.39 Å². The van der Waals surface area contributed by atoms with Gasteiger partial charge < -0.3 is 5.11 Å². The molecule has 4 atom stereocenters. The lowest BCUT2D eigenvalue weighted by atomic mass is 9.62. The number of allylic oxidation sites excluding steroid dienone is 7. The van der Waals surface area contributed by atoms with E-state index >= 15 is 0 Å². The van der Waals surface area contributed by atoms with Crippen molar-refractivity contribution in [2.75, 3.05) is 0 Å². The minimum Gasteiger partial charge on any atom is -0.393 e. The largest absolute Gasteiger partial charge is 0.393 e. The fourth-order valence-electron chi connectivity index (χ4n) is 5.81. The van der Waals surface area contributed by atoms with E-state index in [0.717, 1.165) is 49.7 Å². The molecule has 2 fully saturated rings. The van der Waals surface area contributed by atoms with Gasteiger partial charge in [0, 0.05) is 0 Å². The van der Waals surface area contributed by atoms with Crippen LogP contribution in [0.3, 0.4) is 0 Å². The molecule has 5 heteroatoms. The molecule has 0 aromatic rings. The second-order valence-corrected chi connectivity index (χ2v) is 14.0. The first kappa shape index (κ1) is 26.2. The Balaban J connectivity index is 1.76. The molecular weight excluding hydrogens is 435 g/mol. The van der Waals surface area contributed by atoms with E-state index in [2.05, 4.69) is 38.7 Å². The van der Waals surface area contributed by atoms with Gasteiger partial charge in [0.2, 0.25) is 15.0 Å². The zero-order valence-corrected chi connectivity index (χ0v) is 21.8. The molecule has 3 rings (SSSR count). The Morgan fingerprint density at radius 2 is 2.03 bits per heavy atom. The number of hydrogen-bond acceptors (Lipinski definition) is 3. The summed E-state index contributed by atoms with van der Waals surface area (Å²) in [4.78, 5) is 0. The first-order valence-corrected chi connectivity index (χ1v) is 13.8. The molecular formula is C28H41FO3S. The number of fused-ring (bicyclic) bond motifs is 1. The zero-order valence-electron chi connectivity index (χ0n) is 21.0. The summed E-state index contributed by atoms with van der Waals surface area (Å²) >= 11 is 0. The van der Waals surface area contributed by atoms with Crippen LogP contribution >= 0.6 is 0 Å². The fourth-order valence-corrected chi connectivity index (χ4v) is 6.71. The lowest BCUT2D eigenvalue weighted by Crippen LogP contribution is -2.32. The zero-order chi connectivity index (χ0) is 24.6. The van der Waals surface area contributed by atoms with Crippen molar-refractivity contribution < 1.29 is 17.9 Å². The van der Waals surface area contributed by atoms with Gasteiger partial charge in [0.15, 0.2) is 0 Å². The Morgan fingerprint density at radius 3 is 2.70 bits per heavy atom. The van der Waals surface area contributed by atoms with E-state index in [1.165, 1.54) is 38.0 Å². The first-order chi connectivity index (χ1) is 15.3. The van der Waals surface area contributed by atoms with E-state index in [-0.39, 0.29) is 17.4 Å². The van der Waals surface area contributed by atoms with Crippen molar-refractivity contribution in [2.45, 2.75) is 96.8 Å². The van der Waals surface area contributed by atoms with Gasteiger partial charge in [0.25, 0.3) is 0 Å². The Kier molecular flexibility index (Phi) is 7.65. The first-order valence-electron chi connectivity index (χ1n) is 12.3. The van der Waals surface area contributed by atoms with Crippen LogP contribution in [0.5, 0.6) is 0 Å². The minimum atomic E-state index is -3.94. The number of halogens is 1. The molecule has 2 saturated carbocycles. The van der Waals surface area contributed by atoms with Crippen LogP contribution in [0.15, 0.2) is 58.3 Å². The van der Waals surface area contributed by atoms with E-state index in [0.29, 0.717) is 18.8 Å². The molecule has 0 aromatic carbocycles. The topological polar surface area (TPSA) is 54.4 Å². The Morgan fingerprint density at radius 1 is 1.33 bits per heavy atom. The third-order valence-corrected chi connectivity index (χ3v) is 10.3. The summed E-state index contributed by atoms with van der Waals surface area (Å²) in [6.07, 6.45) is 14.7. The van der Waals surface area contributed by atoms with Gasteiger partial charge in [0.05, 0.1) is 10.9 Å². The molecule has 4 unspecified atom stereocenters. The predicted octanol–water partition coefficient (Wildman–Crippen LogP) is 7.13. The van der Waals surface area contributed by atoms with Gasteiger partial charge in [-0.3, -0.25) is 0 Å². The van der Waals surface area contributed by atoms with E-state index in [1.807, 2.05) is 0 Å². The molecule has 0 heterocycles. The number of sulfone groups is 1. The van der Waals surface area contributed by atoms with Crippen molar-refractivity contribution in [3.05, 3.63) is 58.3 Å². The van der Waals surface area contributed by atoms with Crippen molar-refractivity contribution in [3.8, 4) is 0 Å². The van der Waals surface area contributed by atoms with Gasteiger partial charge >= 0.3 is 0 Å². The molecule has 0 aliphatic heterocycles. The molecule has 33 heavy (non-hydrogen) atoms. The summed E-state index contributed by atoms with van der Waals surface area (Å²) in [5, 5.41) is 9.02. The second-order valence-electron chi connectivity index (χ2n) is 11.4. The van der Waals surface area contributed by atoms with Crippen LogP contribution in [0.2, 0.25) is 0 Å². The minimum absolute atomic E-state index is 0.0261. The summed E-state index contributed by atoms with van der Waals surface area (Å²) in [5.74, 6) is 0.515. The van der Waals surface area contributed by atoms with E-state index in [4.69, 9.17) is 0 Å². The maximum absolute atomic E-state index is 14.6. The highest BCUT2D eigenvalue weighted by Gasteiger charge is 2.46. The van der Waals surface area contributed by atoms with Gasteiger partial charge in [-0.1, -0.05) is 55.4 Å². The summed E-state index contributed by atoms with van der Waals surface area (Å²) in [7, 11) is -3.94. The molecule has 3 aliphatic rings. The van der Waals surface area contributed by atoms with Gasteiger partial charge in [-0.05, 0) is 101 Å². The molecule has 3 nitrogen and oxygen atoms in total. The van der Waals surface area contributed by atoms with Gasteiger partial charge in [-0.15, -0.1) is 0 Å². The summed E-state index contributed by atoms with van der Waals surface area (Å²) in [6.45, 7) is 13.2. The monoisotopic (exact) mass is 476 g/mol. The van der Waals surface area contributed by atoms with Crippen LogP contribution in [0, 0.1) is 17.3 Å². The normalized spacial score (nSPS) is 32.8. The van der Waals surface area contributed by atoms with E-state index in [9.17, 15) is 17.9 Å². The number of rotatable bonds is 5. The van der Waals surface area contributed by atoms with Crippen molar-refractivity contribution in [1.29, 1.82) is 0 Å². The average Bonchev–Trinajstić information content (AvgIpc) is 3.09. The maximum Gasteiger partial charge on any atom is 0.211 e. The van der Waals surface area contributed by atoms with E-state index in [1.54, 1.807) is 0 Å². The van der Waals surface area contributed by atoms with Crippen LogP contribution in [0.1, 0.15) is 86.0 Å².